The van der Waals surface area contributed by atoms with Crippen molar-refractivity contribution in [1.82, 2.24) is 9.29 Å². The monoisotopic (exact) mass is 358 g/mol. The Balaban J connectivity index is 1.55. The van der Waals surface area contributed by atoms with Crippen LogP contribution in [0.2, 0.25) is 5.02 Å². The molecule has 0 spiro atoms. The molecule has 24 heavy (non-hydrogen) atoms. The number of rotatable bonds is 2. The van der Waals surface area contributed by atoms with Gasteiger partial charge in [0.15, 0.2) is 0 Å². The lowest BCUT2D eigenvalue weighted by Gasteiger charge is -2.19. The van der Waals surface area contributed by atoms with Crippen molar-refractivity contribution in [1.29, 1.82) is 0 Å². The maximum absolute atomic E-state index is 12.8. The minimum atomic E-state index is -3.49. The van der Waals surface area contributed by atoms with Gasteiger partial charge >= 0.3 is 0 Å². The molecule has 2 heterocycles. The van der Waals surface area contributed by atoms with Gasteiger partial charge in [0, 0.05) is 24.3 Å². The largest absolute Gasteiger partial charge is 0.248 e. The molecular weight excluding hydrogens is 344 g/mol. The number of halogens is 1. The number of aromatic nitrogens is 1. The van der Waals surface area contributed by atoms with Gasteiger partial charge in [-0.3, -0.25) is 0 Å². The van der Waals surface area contributed by atoms with Gasteiger partial charge in [0.2, 0.25) is 10.0 Å². The van der Waals surface area contributed by atoms with E-state index in [2.05, 4.69) is 16.8 Å². The van der Waals surface area contributed by atoms with E-state index in [0.717, 1.165) is 12.1 Å². The van der Waals surface area contributed by atoms with Crippen LogP contribution in [0.3, 0.4) is 0 Å². The highest BCUT2D eigenvalue weighted by Crippen LogP contribution is 2.58. The summed E-state index contributed by atoms with van der Waals surface area (Å²) in [5.74, 6) is 6.67. The van der Waals surface area contributed by atoms with Gasteiger partial charge in [-0.15, -0.1) is 0 Å². The molecule has 1 aromatic heterocycles. The van der Waals surface area contributed by atoms with Crippen LogP contribution in [0.1, 0.15) is 12.1 Å². The van der Waals surface area contributed by atoms with Gasteiger partial charge in [0.05, 0.1) is 10.3 Å². The van der Waals surface area contributed by atoms with Gasteiger partial charge in [0.25, 0.3) is 0 Å². The summed E-state index contributed by atoms with van der Waals surface area (Å²) in [5, 5.41) is 0.524. The normalized spacial score (nSPS) is 25.6. The third-order valence-corrected chi connectivity index (χ3v) is 6.75. The molecule has 0 bridgehead atoms. The van der Waals surface area contributed by atoms with Crippen LogP contribution in [0.15, 0.2) is 53.6 Å². The van der Waals surface area contributed by atoms with Gasteiger partial charge in [-0.05, 0) is 54.7 Å². The first-order valence-corrected chi connectivity index (χ1v) is 9.51. The van der Waals surface area contributed by atoms with E-state index in [1.807, 2.05) is 18.2 Å². The van der Waals surface area contributed by atoms with E-state index in [1.54, 1.807) is 30.5 Å². The van der Waals surface area contributed by atoms with Crippen LogP contribution >= 0.6 is 11.6 Å². The quantitative estimate of drug-likeness (QED) is 0.776. The van der Waals surface area contributed by atoms with Crippen molar-refractivity contribution in [3.05, 3.63) is 59.4 Å². The van der Waals surface area contributed by atoms with Crippen molar-refractivity contribution in [2.45, 2.75) is 11.3 Å². The van der Waals surface area contributed by atoms with E-state index in [9.17, 15) is 8.42 Å². The van der Waals surface area contributed by atoms with Crippen LogP contribution in [0.25, 0.3) is 0 Å². The molecule has 122 valence electrons. The Labute approximate surface area is 146 Å². The summed E-state index contributed by atoms with van der Waals surface area (Å²) in [7, 11) is -3.49. The highest BCUT2D eigenvalue weighted by Gasteiger charge is 2.61. The molecule has 0 N–H and O–H groups in total. The maximum Gasteiger partial charge on any atom is 0.243 e. The molecule has 1 saturated carbocycles. The summed E-state index contributed by atoms with van der Waals surface area (Å²) in [6.45, 7) is 0.977. The van der Waals surface area contributed by atoms with Crippen LogP contribution in [0, 0.1) is 23.2 Å². The molecule has 6 heteroatoms. The molecule has 2 unspecified atom stereocenters. The van der Waals surface area contributed by atoms with Crippen molar-refractivity contribution in [3.63, 3.8) is 0 Å². The van der Waals surface area contributed by atoms with E-state index in [0.29, 0.717) is 24.0 Å². The lowest BCUT2D eigenvalue weighted by atomic mass is 10.1. The number of fused-ring (bicyclic) bond motifs is 1. The fourth-order valence-corrected chi connectivity index (χ4v) is 4.88. The summed E-state index contributed by atoms with van der Waals surface area (Å²) in [5.41, 5.74) is 0.508. The number of sulfonamides is 1. The minimum Gasteiger partial charge on any atom is -0.248 e. The lowest BCUT2D eigenvalue weighted by molar-refractivity contribution is 0.430. The fraction of sp³-hybridized carbons (Fsp3) is 0.278. The average molecular weight is 359 g/mol. The van der Waals surface area contributed by atoms with Crippen molar-refractivity contribution >= 4 is 21.6 Å². The number of nitrogens with zero attached hydrogens (tertiary/aromatic N) is 2. The zero-order chi connectivity index (χ0) is 16.8. The summed E-state index contributed by atoms with van der Waals surface area (Å²) in [6, 6.07) is 11.9. The van der Waals surface area contributed by atoms with Crippen LogP contribution < -0.4 is 0 Å². The van der Waals surface area contributed by atoms with Crippen LogP contribution in [-0.2, 0) is 10.0 Å². The Bertz CT molecular complexity index is 932. The topological polar surface area (TPSA) is 50.3 Å². The molecular formula is C18H15ClN2O2S. The van der Waals surface area contributed by atoms with E-state index in [-0.39, 0.29) is 10.3 Å². The number of hydrogen-bond donors (Lipinski definition) is 0. The van der Waals surface area contributed by atoms with E-state index >= 15 is 0 Å². The van der Waals surface area contributed by atoms with Crippen LogP contribution in [0.5, 0.6) is 0 Å². The highest BCUT2D eigenvalue weighted by molar-refractivity contribution is 7.89. The second-order valence-electron chi connectivity index (χ2n) is 6.27. The molecule has 1 aromatic carbocycles. The molecule has 4 nitrogen and oxygen atoms in total. The Morgan fingerprint density at radius 2 is 2.00 bits per heavy atom. The average Bonchev–Trinajstić information content (AvgIpc) is 3.14. The summed E-state index contributed by atoms with van der Waals surface area (Å²) in [4.78, 5) is 4.47. The molecule has 4 rings (SSSR count). The molecule has 1 saturated heterocycles. The lowest BCUT2D eigenvalue weighted by Crippen LogP contribution is -2.31. The first kappa shape index (κ1) is 15.6. The zero-order valence-electron chi connectivity index (χ0n) is 12.8. The Kier molecular flexibility index (Phi) is 3.65. The molecule has 0 amide bonds. The molecule has 2 fully saturated rings. The summed E-state index contributed by atoms with van der Waals surface area (Å²) in [6.07, 6.45) is 2.66. The number of pyridine rings is 1. The molecule has 1 aliphatic heterocycles. The Morgan fingerprint density at radius 3 is 2.71 bits per heavy atom. The predicted octanol–water partition coefficient (Wildman–Crippen LogP) is 2.80. The first-order chi connectivity index (χ1) is 11.5. The second-order valence-corrected chi connectivity index (χ2v) is 8.65. The van der Waals surface area contributed by atoms with Crippen LogP contribution in [-0.4, -0.2) is 30.8 Å². The third-order valence-electron chi connectivity index (χ3n) is 4.67. The standard InChI is InChI=1S/C18H15ClN2O2S/c19-15-4-6-17(7-5-15)24(22,23)21-12-14-11-18(14,13-21)9-8-16-3-1-2-10-20-16/h1-7,10,14H,11-13H2. The minimum absolute atomic E-state index is 0.211. The molecule has 2 aromatic rings. The van der Waals surface area contributed by atoms with Gasteiger partial charge in [-0.1, -0.05) is 23.6 Å². The van der Waals surface area contributed by atoms with Crippen molar-refractivity contribution in [2.75, 3.05) is 13.1 Å². The Hall–Kier alpha value is -1.87. The van der Waals surface area contributed by atoms with Crippen LogP contribution in [0.4, 0.5) is 0 Å². The number of piperidine rings is 1. The van der Waals surface area contributed by atoms with E-state index in [1.165, 1.54) is 4.31 Å². The van der Waals surface area contributed by atoms with E-state index < -0.39 is 10.0 Å². The second kappa shape index (κ2) is 5.59. The van der Waals surface area contributed by atoms with Gasteiger partial charge < -0.3 is 0 Å². The van der Waals surface area contributed by atoms with Gasteiger partial charge in [0.1, 0.15) is 5.69 Å². The van der Waals surface area contributed by atoms with Crippen molar-refractivity contribution in [2.24, 2.45) is 11.3 Å². The zero-order valence-corrected chi connectivity index (χ0v) is 14.4. The molecule has 2 aliphatic rings. The smallest absolute Gasteiger partial charge is 0.243 e. The van der Waals surface area contributed by atoms with Crippen molar-refractivity contribution < 1.29 is 8.42 Å². The highest BCUT2D eigenvalue weighted by atomic mass is 35.5. The summed E-state index contributed by atoms with van der Waals surface area (Å²) < 4.78 is 27.0. The molecule has 1 aliphatic carbocycles. The summed E-state index contributed by atoms with van der Waals surface area (Å²) >= 11 is 5.84. The SMILES string of the molecule is O=S(=O)(c1ccc(Cl)cc1)N1CC2CC2(C#Cc2ccccn2)C1. The van der Waals surface area contributed by atoms with E-state index in [4.69, 9.17) is 11.6 Å². The first-order valence-electron chi connectivity index (χ1n) is 7.70. The maximum atomic E-state index is 12.8. The Morgan fingerprint density at radius 1 is 1.21 bits per heavy atom. The molecule has 2 atom stereocenters. The number of benzene rings is 1. The predicted molar refractivity (Wildman–Crippen MR) is 91.9 cm³/mol. The molecule has 0 radical (unpaired) electrons. The van der Waals surface area contributed by atoms with Crippen molar-refractivity contribution in [3.8, 4) is 11.8 Å². The van der Waals surface area contributed by atoms with Gasteiger partial charge in [-0.2, -0.15) is 4.31 Å². The van der Waals surface area contributed by atoms with Gasteiger partial charge in [-0.25, -0.2) is 13.4 Å². The third kappa shape index (κ3) is 2.71. The number of hydrogen-bond acceptors (Lipinski definition) is 3. The fourth-order valence-electron chi connectivity index (χ4n) is 3.20.